The monoisotopic (exact) mass is 304 g/mol. The molecule has 3 rings (SSSR count). The van der Waals surface area contributed by atoms with Crippen molar-refractivity contribution in [2.75, 3.05) is 18.0 Å². The highest BCUT2D eigenvalue weighted by Gasteiger charge is 2.28. The number of aromatic nitrogens is 5. The van der Waals surface area contributed by atoms with Crippen LogP contribution < -0.4 is 10.6 Å². The van der Waals surface area contributed by atoms with E-state index in [1.54, 1.807) is 18.5 Å². The van der Waals surface area contributed by atoms with Crippen LogP contribution in [0.5, 0.6) is 0 Å². The van der Waals surface area contributed by atoms with Crippen LogP contribution >= 0.6 is 0 Å². The lowest BCUT2D eigenvalue weighted by atomic mass is 9.98. The zero-order chi connectivity index (χ0) is 15.4. The Kier molecular flexibility index (Phi) is 4.12. The molecule has 1 atom stereocenters. The van der Waals surface area contributed by atoms with Gasteiger partial charge in [0.2, 0.25) is 5.95 Å². The molecule has 2 aromatic rings. The van der Waals surface area contributed by atoms with Crippen molar-refractivity contribution in [1.82, 2.24) is 25.1 Å². The van der Waals surface area contributed by atoms with Crippen LogP contribution in [0, 0.1) is 5.92 Å². The number of aromatic amines is 2. The van der Waals surface area contributed by atoms with E-state index >= 15 is 0 Å². The Hall–Kier alpha value is -2.71. The minimum Gasteiger partial charge on any atom is -0.457 e. The van der Waals surface area contributed by atoms with E-state index in [1.165, 1.54) is 0 Å². The van der Waals surface area contributed by atoms with Crippen molar-refractivity contribution in [3.8, 4) is 0 Å². The molecule has 0 amide bonds. The summed E-state index contributed by atoms with van der Waals surface area (Å²) in [5.41, 5.74) is -0.420. The molecule has 2 aromatic heterocycles. The van der Waals surface area contributed by atoms with E-state index < -0.39 is 5.69 Å². The Bertz CT molecular complexity index is 682. The minimum atomic E-state index is -0.420. The third kappa shape index (κ3) is 3.30. The molecule has 9 heteroatoms. The molecule has 1 saturated heterocycles. The number of nitrogens with zero attached hydrogens (tertiary/aromatic N) is 4. The van der Waals surface area contributed by atoms with Gasteiger partial charge in [0, 0.05) is 25.5 Å². The second-order valence-corrected chi connectivity index (χ2v) is 5.07. The van der Waals surface area contributed by atoms with Crippen LogP contribution in [-0.4, -0.2) is 44.2 Å². The van der Waals surface area contributed by atoms with E-state index in [2.05, 4.69) is 25.1 Å². The van der Waals surface area contributed by atoms with Gasteiger partial charge in [-0.2, -0.15) is 5.10 Å². The number of hydrogen-bond acceptors (Lipinski definition) is 7. The summed E-state index contributed by atoms with van der Waals surface area (Å²) in [5, 5.41) is 5.92. The van der Waals surface area contributed by atoms with Gasteiger partial charge in [0.1, 0.15) is 0 Å². The number of piperidine rings is 1. The molecule has 2 N–H and O–H groups in total. The van der Waals surface area contributed by atoms with Crippen LogP contribution in [0.2, 0.25) is 0 Å². The van der Waals surface area contributed by atoms with Gasteiger partial charge in [-0.15, -0.1) is 0 Å². The van der Waals surface area contributed by atoms with Crippen molar-refractivity contribution in [3.05, 3.63) is 34.8 Å². The summed E-state index contributed by atoms with van der Waals surface area (Å²) in [5.74, 6) is 0.390. The Balaban J connectivity index is 1.57. The molecule has 116 valence electrons. The van der Waals surface area contributed by atoms with Gasteiger partial charge in [0.05, 0.1) is 5.92 Å². The molecule has 1 fully saturated rings. The van der Waals surface area contributed by atoms with Crippen LogP contribution in [0.25, 0.3) is 0 Å². The Morgan fingerprint density at radius 3 is 2.95 bits per heavy atom. The summed E-state index contributed by atoms with van der Waals surface area (Å²) in [6.45, 7) is 1.30. The van der Waals surface area contributed by atoms with Crippen molar-refractivity contribution < 1.29 is 9.53 Å². The largest absolute Gasteiger partial charge is 0.457 e. The highest BCUT2D eigenvalue weighted by Crippen LogP contribution is 2.21. The summed E-state index contributed by atoms with van der Waals surface area (Å²) in [7, 11) is 0. The summed E-state index contributed by atoms with van der Waals surface area (Å²) >= 11 is 0. The topological polar surface area (TPSA) is 117 Å². The third-order valence-corrected chi connectivity index (χ3v) is 3.49. The Morgan fingerprint density at radius 1 is 1.41 bits per heavy atom. The van der Waals surface area contributed by atoms with E-state index in [4.69, 9.17) is 4.74 Å². The number of H-pyrrole nitrogens is 2. The van der Waals surface area contributed by atoms with Crippen LogP contribution in [-0.2, 0) is 16.1 Å². The molecule has 0 spiro atoms. The molecule has 1 unspecified atom stereocenters. The lowest BCUT2D eigenvalue weighted by molar-refractivity contribution is -0.150. The molecule has 0 saturated carbocycles. The molecular formula is C13H16N6O3. The first-order valence-corrected chi connectivity index (χ1v) is 7.04. The van der Waals surface area contributed by atoms with E-state index in [-0.39, 0.29) is 18.5 Å². The second-order valence-electron chi connectivity index (χ2n) is 5.07. The highest BCUT2D eigenvalue weighted by atomic mass is 16.5. The molecule has 1 aliphatic heterocycles. The van der Waals surface area contributed by atoms with Gasteiger partial charge >= 0.3 is 11.7 Å². The van der Waals surface area contributed by atoms with Gasteiger partial charge in [-0.1, -0.05) is 0 Å². The number of carbonyl (C=O) groups is 1. The minimum absolute atomic E-state index is 0.0457. The average Bonchev–Trinajstić information content (AvgIpc) is 2.99. The smallest absolute Gasteiger partial charge is 0.340 e. The van der Waals surface area contributed by atoms with Gasteiger partial charge in [0.15, 0.2) is 12.4 Å². The third-order valence-electron chi connectivity index (χ3n) is 3.49. The van der Waals surface area contributed by atoms with E-state index in [1.807, 2.05) is 4.90 Å². The summed E-state index contributed by atoms with van der Waals surface area (Å²) in [6.07, 6.45) is 4.99. The fourth-order valence-corrected chi connectivity index (χ4v) is 2.44. The van der Waals surface area contributed by atoms with Crippen molar-refractivity contribution >= 4 is 11.9 Å². The molecule has 22 heavy (non-hydrogen) atoms. The molecule has 0 aromatic carbocycles. The van der Waals surface area contributed by atoms with Gasteiger partial charge in [-0.05, 0) is 18.9 Å². The van der Waals surface area contributed by atoms with Crippen molar-refractivity contribution in [1.29, 1.82) is 0 Å². The molecule has 0 aliphatic carbocycles. The zero-order valence-corrected chi connectivity index (χ0v) is 11.9. The van der Waals surface area contributed by atoms with Crippen molar-refractivity contribution in [2.24, 2.45) is 5.92 Å². The first-order chi connectivity index (χ1) is 10.7. The number of carbonyl (C=O) groups excluding carboxylic acids is 1. The predicted molar refractivity (Wildman–Crippen MR) is 76.0 cm³/mol. The number of nitrogens with one attached hydrogen (secondary N) is 2. The summed E-state index contributed by atoms with van der Waals surface area (Å²) in [4.78, 5) is 35.9. The first-order valence-electron chi connectivity index (χ1n) is 7.04. The van der Waals surface area contributed by atoms with Crippen molar-refractivity contribution in [2.45, 2.75) is 19.4 Å². The molecule has 0 radical (unpaired) electrons. The first kappa shape index (κ1) is 14.2. The zero-order valence-electron chi connectivity index (χ0n) is 11.9. The maximum Gasteiger partial charge on any atom is 0.340 e. The maximum absolute atomic E-state index is 12.1. The number of ether oxygens (including phenoxy) is 1. The SMILES string of the molecule is O=C(OCc1n[nH]c(=O)[nH]1)C1CCCN(c2ncccn2)C1. The number of hydrogen-bond donors (Lipinski definition) is 2. The van der Waals surface area contributed by atoms with Gasteiger partial charge in [0.25, 0.3) is 0 Å². The Morgan fingerprint density at radius 2 is 2.23 bits per heavy atom. The molecular weight excluding hydrogens is 288 g/mol. The van der Waals surface area contributed by atoms with E-state index in [9.17, 15) is 9.59 Å². The van der Waals surface area contributed by atoms with E-state index in [0.717, 1.165) is 19.4 Å². The fourth-order valence-electron chi connectivity index (χ4n) is 2.44. The fraction of sp³-hybridized carbons (Fsp3) is 0.462. The van der Waals surface area contributed by atoms with Gasteiger partial charge in [-0.25, -0.2) is 19.9 Å². The van der Waals surface area contributed by atoms with Crippen LogP contribution in [0.15, 0.2) is 23.3 Å². The average molecular weight is 304 g/mol. The van der Waals surface area contributed by atoms with Crippen LogP contribution in [0.3, 0.4) is 0 Å². The quantitative estimate of drug-likeness (QED) is 0.754. The maximum atomic E-state index is 12.1. The normalized spacial score (nSPS) is 18.2. The molecule has 3 heterocycles. The van der Waals surface area contributed by atoms with Crippen LogP contribution in [0.4, 0.5) is 5.95 Å². The Labute approximate surface area is 125 Å². The molecule has 0 bridgehead atoms. The standard InChI is InChI=1S/C13H16N6O3/c20-11(22-8-10-16-13(21)18-17-10)9-3-1-6-19(7-9)12-14-4-2-5-15-12/h2,4-5,9H,1,3,6-8H2,(H2,16,17,18,21). The number of esters is 1. The highest BCUT2D eigenvalue weighted by molar-refractivity contribution is 5.73. The lowest BCUT2D eigenvalue weighted by Gasteiger charge is -2.31. The lowest BCUT2D eigenvalue weighted by Crippen LogP contribution is -2.40. The van der Waals surface area contributed by atoms with Crippen molar-refractivity contribution in [3.63, 3.8) is 0 Å². The molecule has 9 nitrogen and oxygen atoms in total. The number of anilines is 1. The van der Waals surface area contributed by atoms with Gasteiger partial charge in [-0.3, -0.25) is 9.78 Å². The van der Waals surface area contributed by atoms with Gasteiger partial charge < -0.3 is 9.64 Å². The second kappa shape index (κ2) is 6.37. The van der Waals surface area contributed by atoms with E-state index in [0.29, 0.717) is 18.3 Å². The van der Waals surface area contributed by atoms with Crippen LogP contribution in [0.1, 0.15) is 18.7 Å². The molecule has 1 aliphatic rings. The summed E-state index contributed by atoms with van der Waals surface area (Å²) in [6, 6.07) is 1.75. The predicted octanol–water partition coefficient (Wildman–Crippen LogP) is -0.152. The number of rotatable bonds is 4. The summed E-state index contributed by atoms with van der Waals surface area (Å²) < 4.78 is 5.21.